The molecule has 2 aromatic heterocycles. The highest BCUT2D eigenvalue weighted by molar-refractivity contribution is 5.68. The molecule has 5 N–H and O–H groups in total. The van der Waals surface area contributed by atoms with Crippen LogP contribution in [0.25, 0.3) is 11.2 Å². The first-order valence-corrected chi connectivity index (χ1v) is 6.08. The van der Waals surface area contributed by atoms with E-state index in [1.807, 2.05) is 0 Å². The second kappa shape index (κ2) is 4.35. The number of hydrogen-bond acceptors (Lipinski definition) is 7. The Morgan fingerprint density at radius 1 is 1.55 bits per heavy atom. The van der Waals surface area contributed by atoms with Gasteiger partial charge in [0.2, 0.25) is 0 Å². The van der Waals surface area contributed by atoms with Crippen LogP contribution in [0.2, 0.25) is 0 Å². The summed E-state index contributed by atoms with van der Waals surface area (Å²) in [5, 5.41) is 39.3. The molecular formula is C11H14N4O5. The number of hydrogen-bond donors (Lipinski definition) is 5. The third kappa shape index (κ3) is 1.61. The van der Waals surface area contributed by atoms with E-state index in [0.717, 1.165) is 10.9 Å². The Bertz CT molecular complexity index is 697. The van der Waals surface area contributed by atoms with Crippen LogP contribution >= 0.6 is 0 Å². The van der Waals surface area contributed by atoms with Gasteiger partial charge in [0.25, 0.3) is 5.56 Å². The average molecular weight is 282 g/mol. The molecule has 3 unspecified atom stereocenters. The molecule has 0 amide bonds. The fraction of sp³-hybridized carbons (Fsp3) is 0.545. The lowest BCUT2D eigenvalue weighted by Crippen LogP contribution is -2.63. The molecule has 1 aliphatic carbocycles. The Morgan fingerprint density at radius 3 is 2.95 bits per heavy atom. The summed E-state index contributed by atoms with van der Waals surface area (Å²) in [6.45, 7) is -0.279. The first kappa shape index (κ1) is 13.2. The molecular weight excluding hydrogens is 268 g/mol. The largest absolute Gasteiger partial charge is 0.396 e. The second-order valence-corrected chi connectivity index (χ2v) is 5.01. The molecule has 1 saturated carbocycles. The number of aliphatic hydroxyl groups excluding tert-OH is 3. The fourth-order valence-corrected chi connectivity index (χ4v) is 2.61. The van der Waals surface area contributed by atoms with Gasteiger partial charge in [-0.05, 0) is 6.42 Å². The smallest absolute Gasteiger partial charge is 0.278 e. The molecule has 0 saturated heterocycles. The molecule has 0 aliphatic heterocycles. The minimum Gasteiger partial charge on any atom is -0.396 e. The highest BCUT2D eigenvalue weighted by atomic mass is 16.4. The van der Waals surface area contributed by atoms with Gasteiger partial charge in [0.1, 0.15) is 5.60 Å². The van der Waals surface area contributed by atoms with Crippen molar-refractivity contribution >= 4 is 11.2 Å². The van der Waals surface area contributed by atoms with E-state index in [0.29, 0.717) is 0 Å². The van der Waals surface area contributed by atoms with Crippen molar-refractivity contribution in [2.75, 3.05) is 6.61 Å². The van der Waals surface area contributed by atoms with Gasteiger partial charge in [-0.15, -0.1) is 0 Å². The maximum atomic E-state index is 11.5. The van der Waals surface area contributed by atoms with Gasteiger partial charge in [0, 0.05) is 12.5 Å². The molecule has 4 atom stereocenters. The minimum atomic E-state index is -1.80. The van der Waals surface area contributed by atoms with Gasteiger partial charge >= 0.3 is 0 Å². The Kier molecular flexibility index (Phi) is 2.87. The number of nitrogens with one attached hydrogen (secondary N) is 1. The van der Waals surface area contributed by atoms with Gasteiger partial charge in [-0.25, -0.2) is 9.97 Å². The minimum absolute atomic E-state index is 0.0303. The van der Waals surface area contributed by atoms with Crippen LogP contribution in [0, 0.1) is 5.92 Å². The molecule has 2 aromatic rings. The van der Waals surface area contributed by atoms with Crippen molar-refractivity contribution in [1.29, 1.82) is 0 Å². The predicted octanol–water partition coefficient (Wildman–Crippen LogP) is -2.29. The van der Waals surface area contributed by atoms with Crippen molar-refractivity contribution in [3.05, 3.63) is 23.0 Å². The quantitative estimate of drug-likeness (QED) is 0.426. The molecule has 3 rings (SSSR count). The summed E-state index contributed by atoms with van der Waals surface area (Å²) in [7, 11) is 0. The zero-order valence-corrected chi connectivity index (χ0v) is 10.3. The van der Waals surface area contributed by atoms with Crippen LogP contribution < -0.4 is 5.56 Å². The van der Waals surface area contributed by atoms with Crippen LogP contribution in [-0.4, -0.2) is 58.3 Å². The standard InChI is InChI=1S/C11H14N4O5/c16-2-5-1-11(20,7(5)17)10(19)15-4-14-6-8(15)12-3-13-9(6)18/h3-5,7,10,16-17,19-20H,1-2H2,(H,12,13,18)/t5?,7-,10?,11?/m0/s1. The van der Waals surface area contributed by atoms with Crippen LogP contribution in [0.4, 0.5) is 0 Å². The highest BCUT2D eigenvalue weighted by Crippen LogP contribution is 2.44. The van der Waals surface area contributed by atoms with Gasteiger partial charge < -0.3 is 25.4 Å². The Hall–Kier alpha value is -1.81. The molecule has 1 aliphatic rings. The summed E-state index contributed by atoms with van der Waals surface area (Å²) < 4.78 is 1.13. The van der Waals surface area contributed by atoms with Crippen molar-refractivity contribution < 1.29 is 20.4 Å². The number of H-pyrrole nitrogens is 1. The summed E-state index contributed by atoms with van der Waals surface area (Å²) in [5.74, 6) is -0.485. The second-order valence-electron chi connectivity index (χ2n) is 5.01. The van der Waals surface area contributed by atoms with Crippen molar-refractivity contribution in [3.63, 3.8) is 0 Å². The number of nitrogens with zero attached hydrogens (tertiary/aromatic N) is 3. The van der Waals surface area contributed by atoms with Crippen molar-refractivity contribution in [2.24, 2.45) is 5.92 Å². The van der Waals surface area contributed by atoms with E-state index in [1.165, 1.54) is 6.33 Å². The summed E-state index contributed by atoms with van der Waals surface area (Å²) in [4.78, 5) is 21.6. The first-order chi connectivity index (χ1) is 9.49. The lowest BCUT2D eigenvalue weighted by Gasteiger charge is -2.50. The first-order valence-electron chi connectivity index (χ1n) is 6.08. The highest BCUT2D eigenvalue weighted by Gasteiger charge is 2.57. The molecule has 0 aromatic carbocycles. The zero-order chi connectivity index (χ0) is 14.5. The number of fused-ring (bicyclic) bond motifs is 1. The maximum Gasteiger partial charge on any atom is 0.278 e. The van der Waals surface area contributed by atoms with E-state index in [2.05, 4.69) is 15.0 Å². The van der Waals surface area contributed by atoms with Crippen LogP contribution in [-0.2, 0) is 0 Å². The molecule has 1 fully saturated rings. The van der Waals surface area contributed by atoms with E-state index in [4.69, 9.17) is 5.11 Å². The normalized spacial score (nSPS) is 31.2. The molecule has 2 heterocycles. The lowest BCUT2D eigenvalue weighted by atomic mass is 9.67. The number of aliphatic hydroxyl groups is 4. The summed E-state index contributed by atoms with van der Waals surface area (Å²) in [6, 6.07) is 0. The van der Waals surface area contributed by atoms with E-state index < -0.39 is 29.4 Å². The van der Waals surface area contributed by atoms with Crippen LogP contribution in [0.5, 0.6) is 0 Å². The van der Waals surface area contributed by atoms with Gasteiger partial charge in [-0.1, -0.05) is 0 Å². The van der Waals surface area contributed by atoms with Crippen LogP contribution in [0.3, 0.4) is 0 Å². The van der Waals surface area contributed by atoms with Crippen molar-refractivity contribution in [1.82, 2.24) is 19.5 Å². The lowest BCUT2D eigenvalue weighted by molar-refractivity contribution is -0.257. The van der Waals surface area contributed by atoms with Gasteiger partial charge in [0.15, 0.2) is 17.4 Å². The Labute approximate surface area is 112 Å². The third-order valence-corrected chi connectivity index (χ3v) is 3.86. The molecule has 9 heteroatoms. The van der Waals surface area contributed by atoms with E-state index in [1.54, 1.807) is 0 Å². The van der Waals surface area contributed by atoms with Crippen molar-refractivity contribution in [3.8, 4) is 0 Å². The molecule has 108 valence electrons. The summed E-state index contributed by atoms with van der Waals surface area (Å²) in [6.07, 6.45) is -0.405. The van der Waals surface area contributed by atoms with Crippen molar-refractivity contribution in [2.45, 2.75) is 24.4 Å². The van der Waals surface area contributed by atoms with Crippen LogP contribution in [0.1, 0.15) is 12.6 Å². The predicted molar refractivity (Wildman–Crippen MR) is 65.6 cm³/mol. The molecule has 9 nitrogen and oxygen atoms in total. The van der Waals surface area contributed by atoms with Crippen LogP contribution in [0.15, 0.2) is 17.4 Å². The monoisotopic (exact) mass is 282 g/mol. The van der Waals surface area contributed by atoms with E-state index in [9.17, 15) is 20.1 Å². The maximum absolute atomic E-state index is 11.5. The Morgan fingerprint density at radius 2 is 2.30 bits per heavy atom. The van der Waals surface area contributed by atoms with Gasteiger partial charge in [0.05, 0.1) is 18.8 Å². The molecule has 0 radical (unpaired) electrons. The molecule has 0 bridgehead atoms. The van der Waals surface area contributed by atoms with Gasteiger partial charge in [-0.3, -0.25) is 9.36 Å². The topological polar surface area (TPSA) is 144 Å². The summed E-state index contributed by atoms with van der Waals surface area (Å²) in [5.41, 5.74) is -2.13. The zero-order valence-electron chi connectivity index (χ0n) is 10.3. The molecule has 0 spiro atoms. The fourth-order valence-electron chi connectivity index (χ4n) is 2.61. The number of aromatic nitrogens is 4. The number of aromatic amines is 1. The Balaban J connectivity index is 2.00. The number of rotatable bonds is 3. The SMILES string of the molecule is O=c1[nH]cnc2c1ncn2C(O)C1(O)CC(CO)[C@@H]1O. The van der Waals surface area contributed by atoms with E-state index in [-0.39, 0.29) is 24.2 Å². The average Bonchev–Trinajstić information content (AvgIpc) is 2.88. The summed E-state index contributed by atoms with van der Waals surface area (Å²) >= 11 is 0. The van der Waals surface area contributed by atoms with E-state index >= 15 is 0 Å². The number of imidazole rings is 1. The molecule has 20 heavy (non-hydrogen) atoms. The third-order valence-electron chi connectivity index (χ3n) is 3.86. The van der Waals surface area contributed by atoms with Gasteiger partial charge in [-0.2, -0.15) is 0 Å².